The number of amides is 1. The van der Waals surface area contributed by atoms with Gasteiger partial charge in [-0.15, -0.1) is 0 Å². The fourth-order valence-corrected chi connectivity index (χ4v) is 2.99. The van der Waals surface area contributed by atoms with Gasteiger partial charge in [0, 0.05) is 16.9 Å². The highest BCUT2D eigenvalue weighted by Crippen LogP contribution is 2.27. The number of para-hydroxylation sites is 1. The number of carbonyl (C=O) groups excluding carboxylic acids is 1. The molecule has 0 radical (unpaired) electrons. The molecule has 0 saturated heterocycles. The number of benzene rings is 2. The van der Waals surface area contributed by atoms with Crippen molar-refractivity contribution in [2.45, 2.75) is 0 Å². The van der Waals surface area contributed by atoms with Crippen LogP contribution in [-0.4, -0.2) is 20.7 Å². The van der Waals surface area contributed by atoms with Crippen LogP contribution in [0.1, 0.15) is 10.4 Å². The van der Waals surface area contributed by atoms with Gasteiger partial charge in [-0.3, -0.25) is 4.79 Å². The Balaban J connectivity index is 1.70. The molecule has 2 aromatic carbocycles. The van der Waals surface area contributed by atoms with Crippen molar-refractivity contribution in [2.75, 3.05) is 5.32 Å². The van der Waals surface area contributed by atoms with Crippen LogP contribution >= 0.6 is 23.2 Å². The molecule has 0 aliphatic heterocycles. The van der Waals surface area contributed by atoms with Gasteiger partial charge in [0.15, 0.2) is 5.65 Å². The SMILES string of the molecule is O=C(Nc1ccc(Cl)cc1)c1cnc2c(cnn2-c2ccccc2)c1Cl. The molecule has 0 saturated carbocycles. The summed E-state index contributed by atoms with van der Waals surface area (Å²) in [5, 5.41) is 8.64. The van der Waals surface area contributed by atoms with E-state index >= 15 is 0 Å². The minimum absolute atomic E-state index is 0.279. The van der Waals surface area contributed by atoms with Gasteiger partial charge in [0.2, 0.25) is 0 Å². The van der Waals surface area contributed by atoms with Crippen molar-refractivity contribution in [3.63, 3.8) is 0 Å². The highest BCUT2D eigenvalue weighted by Gasteiger charge is 2.17. The second kappa shape index (κ2) is 6.78. The van der Waals surface area contributed by atoms with Crippen molar-refractivity contribution in [1.82, 2.24) is 14.8 Å². The number of halogens is 2. The number of nitrogens with zero attached hydrogens (tertiary/aromatic N) is 3. The molecule has 2 aromatic heterocycles. The van der Waals surface area contributed by atoms with E-state index in [4.69, 9.17) is 23.2 Å². The van der Waals surface area contributed by atoms with E-state index in [1.54, 1.807) is 35.1 Å². The third kappa shape index (κ3) is 3.03. The number of hydrogen-bond donors (Lipinski definition) is 1. The zero-order valence-electron chi connectivity index (χ0n) is 13.4. The van der Waals surface area contributed by atoms with Crippen LogP contribution in [0.3, 0.4) is 0 Å². The van der Waals surface area contributed by atoms with Gasteiger partial charge in [0.25, 0.3) is 5.91 Å². The predicted molar refractivity (Wildman–Crippen MR) is 103 cm³/mol. The second-order valence-electron chi connectivity index (χ2n) is 5.58. The third-order valence-electron chi connectivity index (χ3n) is 3.88. The Morgan fingerprint density at radius 1 is 0.962 bits per heavy atom. The molecule has 0 spiro atoms. The number of rotatable bonds is 3. The molecule has 26 heavy (non-hydrogen) atoms. The first-order valence-corrected chi connectivity index (χ1v) is 8.53. The van der Waals surface area contributed by atoms with E-state index in [2.05, 4.69) is 15.4 Å². The predicted octanol–water partition coefficient (Wildman–Crippen LogP) is 4.98. The fourth-order valence-electron chi connectivity index (χ4n) is 2.60. The standard InChI is InChI=1S/C19H12Cl2N4O/c20-12-6-8-13(9-7-12)24-19(26)16-10-22-18-15(17(16)21)11-23-25(18)14-4-2-1-3-5-14/h1-11H,(H,24,26). The summed E-state index contributed by atoms with van der Waals surface area (Å²) in [5.41, 5.74) is 2.35. The topological polar surface area (TPSA) is 59.8 Å². The Hall–Kier alpha value is -2.89. The van der Waals surface area contributed by atoms with Crippen LogP contribution in [0.25, 0.3) is 16.7 Å². The van der Waals surface area contributed by atoms with E-state index in [-0.39, 0.29) is 11.5 Å². The van der Waals surface area contributed by atoms with Crippen molar-refractivity contribution in [3.8, 4) is 5.69 Å². The number of hydrogen-bond acceptors (Lipinski definition) is 3. The summed E-state index contributed by atoms with van der Waals surface area (Å²) in [6.07, 6.45) is 3.06. The molecule has 5 nitrogen and oxygen atoms in total. The number of fused-ring (bicyclic) bond motifs is 1. The van der Waals surface area contributed by atoms with E-state index in [1.807, 2.05) is 30.3 Å². The van der Waals surface area contributed by atoms with Crippen LogP contribution < -0.4 is 5.32 Å². The Morgan fingerprint density at radius 3 is 2.42 bits per heavy atom. The molecule has 0 fully saturated rings. The summed E-state index contributed by atoms with van der Waals surface area (Å²) >= 11 is 12.3. The summed E-state index contributed by atoms with van der Waals surface area (Å²) in [5.74, 6) is -0.348. The van der Waals surface area contributed by atoms with Crippen molar-refractivity contribution in [1.29, 1.82) is 0 Å². The van der Waals surface area contributed by atoms with E-state index in [0.717, 1.165) is 5.69 Å². The summed E-state index contributed by atoms with van der Waals surface area (Å²) in [6.45, 7) is 0. The highest BCUT2D eigenvalue weighted by molar-refractivity contribution is 6.38. The first-order valence-electron chi connectivity index (χ1n) is 7.78. The number of pyridine rings is 1. The average molecular weight is 383 g/mol. The van der Waals surface area contributed by atoms with Gasteiger partial charge in [-0.1, -0.05) is 41.4 Å². The van der Waals surface area contributed by atoms with Gasteiger partial charge in [0.1, 0.15) is 0 Å². The normalized spacial score (nSPS) is 10.8. The molecule has 0 aliphatic rings. The highest BCUT2D eigenvalue weighted by atomic mass is 35.5. The molecule has 0 unspecified atom stereocenters. The number of anilines is 1. The zero-order chi connectivity index (χ0) is 18.1. The lowest BCUT2D eigenvalue weighted by atomic mass is 10.2. The molecule has 1 amide bonds. The van der Waals surface area contributed by atoms with Gasteiger partial charge in [-0.2, -0.15) is 5.10 Å². The first-order chi connectivity index (χ1) is 12.6. The Bertz CT molecular complexity index is 1090. The summed E-state index contributed by atoms with van der Waals surface area (Å²) in [7, 11) is 0. The van der Waals surface area contributed by atoms with Crippen LogP contribution in [0.4, 0.5) is 5.69 Å². The summed E-state index contributed by atoms with van der Waals surface area (Å²) in [6, 6.07) is 16.4. The molecule has 0 aliphatic carbocycles. The van der Waals surface area contributed by atoms with E-state index in [1.165, 1.54) is 6.20 Å². The minimum atomic E-state index is -0.348. The molecule has 7 heteroatoms. The van der Waals surface area contributed by atoms with E-state index in [9.17, 15) is 4.79 Å². The smallest absolute Gasteiger partial charge is 0.258 e. The fraction of sp³-hybridized carbons (Fsp3) is 0. The monoisotopic (exact) mass is 382 g/mol. The van der Waals surface area contributed by atoms with Gasteiger partial charge < -0.3 is 5.32 Å². The van der Waals surface area contributed by atoms with Crippen molar-refractivity contribution in [3.05, 3.63) is 82.6 Å². The van der Waals surface area contributed by atoms with E-state index < -0.39 is 0 Å². The van der Waals surface area contributed by atoms with Crippen LogP contribution in [0.5, 0.6) is 0 Å². The molecule has 0 atom stereocenters. The maximum absolute atomic E-state index is 12.5. The maximum atomic E-state index is 12.5. The lowest BCUT2D eigenvalue weighted by molar-refractivity contribution is 0.102. The largest absolute Gasteiger partial charge is 0.322 e. The quantitative estimate of drug-likeness (QED) is 0.543. The lowest BCUT2D eigenvalue weighted by Gasteiger charge is -2.08. The zero-order valence-corrected chi connectivity index (χ0v) is 14.9. The molecule has 4 rings (SSSR count). The third-order valence-corrected chi connectivity index (χ3v) is 4.54. The average Bonchev–Trinajstić information content (AvgIpc) is 3.09. The molecule has 4 aromatic rings. The molecule has 128 valence electrons. The number of aromatic nitrogens is 3. The van der Waals surface area contributed by atoms with Gasteiger partial charge in [-0.25, -0.2) is 9.67 Å². The summed E-state index contributed by atoms with van der Waals surface area (Å²) < 4.78 is 1.68. The Kier molecular flexibility index (Phi) is 4.32. The first kappa shape index (κ1) is 16.6. The van der Waals surface area contributed by atoms with Crippen LogP contribution in [-0.2, 0) is 0 Å². The molecule has 2 heterocycles. The Labute approximate surface area is 159 Å². The number of nitrogens with one attached hydrogen (secondary N) is 1. The van der Waals surface area contributed by atoms with Gasteiger partial charge in [-0.05, 0) is 36.4 Å². The van der Waals surface area contributed by atoms with Crippen molar-refractivity contribution >= 4 is 45.8 Å². The molecular formula is C19H12Cl2N4O. The van der Waals surface area contributed by atoms with Gasteiger partial charge >= 0.3 is 0 Å². The summed E-state index contributed by atoms with van der Waals surface area (Å²) in [4.78, 5) is 16.9. The van der Waals surface area contributed by atoms with Crippen LogP contribution in [0, 0.1) is 0 Å². The number of carbonyl (C=O) groups is 1. The lowest BCUT2D eigenvalue weighted by Crippen LogP contribution is -2.13. The minimum Gasteiger partial charge on any atom is -0.322 e. The van der Waals surface area contributed by atoms with E-state index in [0.29, 0.717) is 26.8 Å². The molecule has 1 N–H and O–H groups in total. The second-order valence-corrected chi connectivity index (χ2v) is 6.39. The van der Waals surface area contributed by atoms with Crippen LogP contribution in [0.15, 0.2) is 67.0 Å². The van der Waals surface area contributed by atoms with Gasteiger partial charge in [0.05, 0.1) is 27.9 Å². The maximum Gasteiger partial charge on any atom is 0.258 e. The van der Waals surface area contributed by atoms with Crippen molar-refractivity contribution in [2.24, 2.45) is 0 Å². The Morgan fingerprint density at radius 2 is 1.69 bits per heavy atom. The van der Waals surface area contributed by atoms with Crippen molar-refractivity contribution < 1.29 is 4.79 Å². The molecule has 0 bridgehead atoms. The van der Waals surface area contributed by atoms with Crippen LogP contribution in [0.2, 0.25) is 10.0 Å². The molecular weight excluding hydrogens is 371 g/mol.